The molecule has 0 saturated heterocycles. The van der Waals surface area contributed by atoms with Gasteiger partial charge >= 0.3 is 5.97 Å². The second-order valence-electron chi connectivity index (χ2n) is 3.22. The van der Waals surface area contributed by atoms with Crippen molar-refractivity contribution < 1.29 is 14.6 Å². The molecule has 0 aliphatic carbocycles. The Hall–Kier alpha value is -2.34. The average molecular weight is 236 g/mol. The zero-order valence-electron chi connectivity index (χ0n) is 9.19. The number of aromatic amines is 1. The molecule has 1 heterocycles. The lowest BCUT2D eigenvalue weighted by Gasteiger charge is -2.04. The molecule has 17 heavy (non-hydrogen) atoms. The van der Waals surface area contributed by atoms with E-state index in [1.165, 1.54) is 13.3 Å². The number of nitrogens with one attached hydrogen (secondary N) is 1. The molecular weight excluding hydrogens is 224 g/mol. The first-order chi connectivity index (χ1) is 7.65. The van der Waals surface area contributed by atoms with Crippen molar-refractivity contribution in [3.05, 3.63) is 40.2 Å². The molecule has 0 atom stereocenters. The Balaban J connectivity index is 0.00000144. The van der Waals surface area contributed by atoms with Crippen LogP contribution in [-0.2, 0) is 0 Å². The van der Waals surface area contributed by atoms with Crippen LogP contribution < -0.4 is 16.3 Å². The van der Waals surface area contributed by atoms with Crippen LogP contribution in [0.5, 0.6) is 5.75 Å². The number of fused-ring (bicyclic) bond motifs is 1. The van der Waals surface area contributed by atoms with Gasteiger partial charge in [-0.15, -0.1) is 0 Å². The number of benzene rings is 1. The monoisotopic (exact) mass is 236 g/mol. The van der Waals surface area contributed by atoms with Crippen LogP contribution in [0, 0.1) is 0 Å². The van der Waals surface area contributed by atoms with Gasteiger partial charge in [-0.2, -0.15) is 0 Å². The number of aromatic nitrogens is 1. The van der Waals surface area contributed by atoms with E-state index in [1.54, 1.807) is 18.2 Å². The largest absolute Gasteiger partial charge is 0.495 e. The molecule has 2 aromatic rings. The van der Waals surface area contributed by atoms with E-state index in [-0.39, 0.29) is 11.7 Å². The van der Waals surface area contributed by atoms with Crippen LogP contribution in [0.15, 0.2) is 29.2 Å². The first-order valence-electron chi connectivity index (χ1n) is 4.57. The predicted octanol–water partition coefficient (Wildman–Crippen LogP) is 1.40. The third-order valence-electron chi connectivity index (χ3n) is 2.33. The Morgan fingerprint density at radius 1 is 1.41 bits per heavy atom. The molecule has 0 amide bonds. The number of hydrogen-bond acceptors (Lipinski definition) is 4. The number of pyridine rings is 1. The van der Waals surface area contributed by atoms with Crippen LogP contribution in [0.2, 0.25) is 0 Å². The summed E-state index contributed by atoms with van der Waals surface area (Å²) in [4.78, 5) is 25.3. The predicted molar refractivity (Wildman–Crippen MR) is 63.1 cm³/mol. The molecule has 1 aromatic carbocycles. The molecule has 0 saturated carbocycles. The topological polar surface area (TPSA) is 114 Å². The fourth-order valence-corrected chi connectivity index (χ4v) is 1.55. The highest BCUT2D eigenvalue weighted by molar-refractivity contribution is 5.93. The summed E-state index contributed by atoms with van der Waals surface area (Å²) in [7, 11) is 1.48. The highest BCUT2D eigenvalue weighted by Gasteiger charge is 2.12. The Bertz CT molecular complexity index is 618. The third-order valence-corrected chi connectivity index (χ3v) is 2.33. The van der Waals surface area contributed by atoms with Gasteiger partial charge in [0.2, 0.25) is 5.43 Å². The van der Waals surface area contributed by atoms with Gasteiger partial charge in [0.25, 0.3) is 0 Å². The fourth-order valence-electron chi connectivity index (χ4n) is 1.55. The minimum atomic E-state index is -1.24. The number of carboxylic acids is 1. The maximum atomic E-state index is 11.8. The van der Waals surface area contributed by atoms with Gasteiger partial charge < -0.3 is 21.0 Å². The number of H-pyrrole nitrogens is 1. The molecule has 6 heteroatoms. The first-order valence-corrected chi connectivity index (χ1v) is 4.57. The van der Waals surface area contributed by atoms with E-state index < -0.39 is 11.4 Å². The van der Waals surface area contributed by atoms with Crippen LogP contribution in [0.3, 0.4) is 0 Å². The summed E-state index contributed by atoms with van der Waals surface area (Å²) in [5, 5.41) is 9.11. The molecule has 1 aromatic heterocycles. The summed E-state index contributed by atoms with van der Waals surface area (Å²) in [5.74, 6) is -0.738. The standard InChI is InChI=1S/C11H9NO4.H3N/c1-16-8-4-2-3-6-9(8)12-5-7(10(6)13)11(14)15;/h2-5H,1H3,(H,12,13)(H,14,15);1H3. The number of ether oxygens (including phenoxy) is 1. The molecule has 0 bridgehead atoms. The smallest absolute Gasteiger partial charge is 0.341 e. The van der Waals surface area contributed by atoms with Gasteiger partial charge in [0.15, 0.2) is 0 Å². The molecule has 2 rings (SSSR count). The van der Waals surface area contributed by atoms with Crippen molar-refractivity contribution in [2.24, 2.45) is 0 Å². The van der Waals surface area contributed by atoms with E-state index in [4.69, 9.17) is 9.84 Å². The van der Waals surface area contributed by atoms with Crippen molar-refractivity contribution in [1.82, 2.24) is 11.1 Å². The van der Waals surface area contributed by atoms with Crippen LogP contribution in [-0.4, -0.2) is 23.2 Å². The Labute approximate surface area is 96.4 Å². The van der Waals surface area contributed by atoms with E-state index >= 15 is 0 Å². The summed E-state index contributed by atoms with van der Waals surface area (Å²) in [5.41, 5.74) is -0.291. The van der Waals surface area contributed by atoms with E-state index in [1.807, 2.05) is 0 Å². The maximum Gasteiger partial charge on any atom is 0.341 e. The van der Waals surface area contributed by atoms with Crippen molar-refractivity contribution in [1.29, 1.82) is 0 Å². The van der Waals surface area contributed by atoms with Crippen LogP contribution in [0.4, 0.5) is 0 Å². The van der Waals surface area contributed by atoms with Crippen LogP contribution >= 0.6 is 0 Å². The molecule has 0 spiro atoms. The van der Waals surface area contributed by atoms with Gasteiger partial charge in [0.1, 0.15) is 11.3 Å². The lowest BCUT2D eigenvalue weighted by atomic mass is 10.1. The van der Waals surface area contributed by atoms with Crippen molar-refractivity contribution in [2.75, 3.05) is 7.11 Å². The Morgan fingerprint density at radius 3 is 2.71 bits per heavy atom. The van der Waals surface area contributed by atoms with Crippen molar-refractivity contribution in [3.8, 4) is 5.75 Å². The van der Waals surface area contributed by atoms with Crippen molar-refractivity contribution >= 4 is 16.9 Å². The van der Waals surface area contributed by atoms with Gasteiger partial charge in [-0.05, 0) is 12.1 Å². The minimum Gasteiger partial charge on any atom is -0.495 e. The summed E-state index contributed by atoms with van der Waals surface area (Å²) in [6, 6.07) is 4.89. The normalized spacial score (nSPS) is 9.71. The summed E-state index contributed by atoms with van der Waals surface area (Å²) in [6.07, 6.45) is 1.18. The van der Waals surface area contributed by atoms with Crippen molar-refractivity contribution in [3.63, 3.8) is 0 Å². The lowest BCUT2D eigenvalue weighted by Crippen LogP contribution is -2.15. The van der Waals surface area contributed by atoms with E-state index in [0.29, 0.717) is 16.7 Å². The molecular formula is C11H12N2O4. The van der Waals surface area contributed by atoms with Gasteiger partial charge in [-0.1, -0.05) is 6.07 Å². The minimum absolute atomic E-state index is 0. The number of hydrogen-bond donors (Lipinski definition) is 3. The number of aromatic carboxylic acids is 1. The SMILES string of the molecule is COc1cccc2c(=O)c(C(=O)O)c[nH]c12.N. The number of rotatable bonds is 2. The zero-order chi connectivity index (χ0) is 11.7. The highest BCUT2D eigenvalue weighted by atomic mass is 16.5. The quantitative estimate of drug-likeness (QED) is 0.729. The molecule has 0 fully saturated rings. The third kappa shape index (κ3) is 1.98. The molecule has 5 N–H and O–H groups in total. The molecule has 90 valence electrons. The highest BCUT2D eigenvalue weighted by Crippen LogP contribution is 2.20. The van der Waals surface area contributed by atoms with Crippen molar-refractivity contribution in [2.45, 2.75) is 0 Å². The van der Waals surface area contributed by atoms with Gasteiger partial charge in [-0.25, -0.2) is 4.79 Å². The first kappa shape index (κ1) is 12.7. The average Bonchev–Trinajstić information content (AvgIpc) is 2.28. The second-order valence-corrected chi connectivity index (χ2v) is 3.22. The van der Waals surface area contributed by atoms with Gasteiger partial charge in [-0.3, -0.25) is 4.79 Å². The molecule has 0 radical (unpaired) electrons. The number of carbonyl (C=O) groups is 1. The van der Waals surface area contributed by atoms with Gasteiger partial charge in [0, 0.05) is 6.20 Å². The second kappa shape index (κ2) is 4.67. The van der Waals surface area contributed by atoms with E-state index in [9.17, 15) is 9.59 Å². The van der Waals surface area contributed by atoms with E-state index in [0.717, 1.165) is 0 Å². The molecule has 0 unspecified atom stereocenters. The Kier molecular flexibility index (Phi) is 3.49. The number of carboxylic acid groups (broad SMARTS) is 1. The van der Waals surface area contributed by atoms with Gasteiger partial charge in [0.05, 0.1) is 18.0 Å². The maximum absolute atomic E-state index is 11.8. The zero-order valence-corrected chi connectivity index (χ0v) is 9.19. The summed E-state index contributed by atoms with van der Waals surface area (Å²) < 4.78 is 5.07. The summed E-state index contributed by atoms with van der Waals surface area (Å²) >= 11 is 0. The molecule has 6 nitrogen and oxygen atoms in total. The summed E-state index contributed by atoms with van der Waals surface area (Å²) in [6.45, 7) is 0. The molecule has 0 aliphatic heterocycles. The van der Waals surface area contributed by atoms with E-state index in [2.05, 4.69) is 4.98 Å². The number of methoxy groups -OCH3 is 1. The Morgan fingerprint density at radius 2 is 2.12 bits per heavy atom. The van der Waals surface area contributed by atoms with Crippen LogP contribution in [0.1, 0.15) is 10.4 Å². The number of para-hydroxylation sites is 1. The fraction of sp³-hybridized carbons (Fsp3) is 0.0909. The lowest BCUT2D eigenvalue weighted by molar-refractivity contribution is 0.0695. The van der Waals surface area contributed by atoms with Crippen LogP contribution in [0.25, 0.3) is 10.9 Å². The molecule has 0 aliphatic rings.